The predicted molar refractivity (Wildman–Crippen MR) is 67.0 cm³/mol. The second-order valence-corrected chi connectivity index (χ2v) is 5.01. The van der Waals surface area contributed by atoms with Crippen LogP contribution in [0.4, 0.5) is 5.69 Å². The highest BCUT2D eigenvalue weighted by atomic mass is 79.9. The molecule has 1 aromatic rings. The highest BCUT2D eigenvalue weighted by Crippen LogP contribution is 2.36. The van der Waals surface area contributed by atoms with Gasteiger partial charge in [0.2, 0.25) is 5.91 Å². The first-order chi connectivity index (χ1) is 7.49. The molecule has 2 rings (SSSR count). The van der Waals surface area contributed by atoms with Crippen LogP contribution in [0.1, 0.15) is 18.9 Å². The Hall–Kier alpha value is -1.03. The van der Waals surface area contributed by atoms with Gasteiger partial charge in [-0.2, -0.15) is 0 Å². The number of anilines is 1. The first-order valence-electron chi connectivity index (χ1n) is 5.22. The smallest absolute Gasteiger partial charge is 0.230 e. The molecule has 1 atom stereocenters. The van der Waals surface area contributed by atoms with Crippen LogP contribution in [0.5, 0.6) is 5.75 Å². The minimum absolute atomic E-state index is 0.0780. The standard InChI is InChI=1S/C12H14BrNO2/c1-7-4-10-11(6-9(7)13)16-8(2)5-12(15)14(10)3/h4,6,8H,5H2,1-3H3. The lowest BCUT2D eigenvalue weighted by Crippen LogP contribution is -2.27. The maximum absolute atomic E-state index is 11.8. The van der Waals surface area contributed by atoms with E-state index in [0.29, 0.717) is 6.42 Å². The van der Waals surface area contributed by atoms with Gasteiger partial charge in [0, 0.05) is 11.5 Å². The third kappa shape index (κ3) is 1.94. The van der Waals surface area contributed by atoms with Crippen molar-refractivity contribution in [2.45, 2.75) is 26.4 Å². The summed E-state index contributed by atoms with van der Waals surface area (Å²) in [6.45, 7) is 3.91. The minimum atomic E-state index is -0.0780. The second kappa shape index (κ2) is 4.09. The molecular weight excluding hydrogens is 270 g/mol. The summed E-state index contributed by atoms with van der Waals surface area (Å²) in [5.41, 5.74) is 1.94. The maximum Gasteiger partial charge on any atom is 0.230 e. The molecule has 0 saturated heterocycles. The van der Waals surface area contributed by atoms with Crippen LogP contribution in [0.25, 0.3) is 0 Å². The number of halogens is 1. The number of carbonyl (C=O) groups is 1. The van der Waals surface area contributed by atoms with Crippen molar-refractivity contribution in [1.82, 2.24) is 0 Å². The number of amides is 1. The van der Waals surface area contributed by atoms with Crippen molar-refractivity contribution in [3.8, 4) is 5.75 Å². The number of aryl methyl sites for hydroxylation is 1. The van der Waals surface area contributed by atoms with E-state index in [-0.39, 0.29) is 12.0 Å². The molecule has 1 aromatic carbocycles. The van der Waals surface area contributed by atoms with Crippen molar-refractivity contribution in [1.29, 1.82) is 0 Å². The van der Waals surface area contributed by atoms with Crippen molar-refractivity contribution in [3.05, 3.63) is 22.2 Å². The zero-order chi connectivity index (χ0) is 11.9. The molecule has 86 valence electrons. The summed E-state index contributed by atoms with van der Waals surface area (Å²) in [6, 6.07) is 3.89. The van der Waals surface area contributed by atoms with Crippen LogP contribution in [-0.4, -0.2) is 19.1 Å². The van der Waals surface area contributed by atoms with E-state index in [1.807, 2.05) is 26.0 Å². The molecule has 1 amide bonds. The number of carbonyl (C=O) groups excluding carboxylic acids is 1. The Morgan fingerprint density at radius 1 is 1.50 bits per heavy atom. The SMILES string of the molecule is Cc1cc2c(cc1Br)OC(C)CC(=O)N2C. The molecule has 1 aliphatic rings. The van der Waals surface area contributed by atoms with Crippen LogP contribution < -0.4 is 9.64 Å². The van der Waals surface area contributed by atoms with Crippen molar-refractivity contribution in [2.24, 2.45) is 0 Å². The summed E-state index contributed by atoms with van der Waals surface area (Å²) in [5, 5.41) is 0. The average molecular weight is 284 g/mol. The molecule has 1 unspecified atom stereocenters. The van der Waals surface area contributed by atoms with Gasteiger partial charge >= 0.3 is 0 Å². The Morgan fingerprint density at radius 3 is 2.88 bits per heavy atom. The van der Waals surface area contributed by atoms with E-state index in [4.69, 9.17) is 4.74 Å². The van der Waals surface area contributed by atoms with E-state index < -0.39 is 0 Å². The minimum Gasteiger partial charge on any atom is -0.488 e. The van der Waals surface area contributed by atoms with E-state index in [1.54, 1.807) is 11.9 Å². The maximum atomic E-state index is 11.8. The molecular formula is C12H14BrNO2. The van der Waals surface area contributed by atoms with Gasteiger partial charge in [-0.15, -0.1) is 0 Å². The lowest BCUT2D eigenvalue weighted by molar-refractivity contribution is -0.119. The molecule has 0 N–H and O–H groups in total. The fraction of sp³-hybridized carbons (Fsp3) is 0.417. The summed E-state index contributed by atoms with van der Waals surface area (Å²) in [4.78, 5) is 13.5. The molecule has 0 saturated carbocycles. The van der Waals surface area contributed by atoms with Gasteiger partial charge in [-0.05, 0) is 31.5 Å². The first kappa shape index (κ1) is 11.5. The topological polar surface area (TPSA) is 29.5 Å². The molecule has 1 heterocycles. The van der Waals surface area contributed by atoms with E-state index >= 15 is 0 Å². The van der Waals surface area contributed by atoms with E-state index in [9.17, 15) is 4.79 Å². The van der Waals surface area contributed by atoms with Gasteiger partial charge in [0.05, 0.1) is 12.1 Å². The largest absolute Gasteiger partial charge is 0.488 e. The number of hydrogen-bond donors (Lipinski definition) is 0. The van der Waals surface area contributed by atoms with Gasteiger partial charge in [0.25, 0.3) is 0 Å². The van der Waals surface area contributed by atoms with Gasteiger partial charge < -0.3 is 9.64 Å². The van der Waals surface area contributed by atoms with Gasteiger partial charge in [-0.3, -0.25) is 4.79 Å². The van der Waals surface area contributed by atoms with E-state index in [0.717, 1.165) is 21.5 Å². The Kier molecular flexibility index (Phi) is 2.93. The molecule has 0 spiro atoms. The summed E-state index contributed by atoms with van der Waals surface area (Å²) in [6.07, 6.45) is 0.341. The Morgan fingerprint density at radius 2 is 2.19 bits per heavy atom. The van der Waals surface area contributed by atoms with Crippen molar-refractivity contribution in [2.75, 3.05) is 11.9 Å². The molecule has 0 radical (unpaired) electrons. The number of benzene rings is 1. The van der Waals surface area contributed by atoms with Gasteiger partial charge in [-0.25, -0.2) is 0 Å². The molecule has 1 aliphatic heterocycles. The summed E-state index contributed by atoms with van der Waals surface area (Å²) < 4.78 is 6.74. The number of rotatable bonds is 0. The van der Waals surface area contributed by atoms with E-state index in [2.05, 4.69) is 15.9 Å². The quantitative estimate of drug-likeness (QED) is 0.733. The zero-order valence-corrected chi connectivity index (χ0v) is 11.2. The normalized spacial score (nSPS) is 20.1. The fourth-order valence-electron chi connectivity index (χ4n) is 1.78. The Labute approximate surface area is 104 Å². The fourth-order valence-corrected chi connectivity index (χ4v) is 2.10. The average Bonchev–Trinajstić information content (AvgIpc) is 2.29. The highest BCUT2D eigenvalue weighted by molar-refractivity contribution is 9.10. The lowest BCUT2D eigenvalue weighted by atomic mass is 10.2. The molecule has 4 heteroatoms. The molecule has 0 aromatic heterocycles. The van der Waals surface area contributed by atoms with Crippen molar-refractivity contribution < 1.29 is 9.53 Å². The molecule has 0 fully saturated rings. The Bertz CT molecular complexity index is 445. The number of nitrogens with zero attached hydrogens (tertiary/aromatic N) is 1. The molecule has 0 bridgehead atoms. The van der Waals surface area contributed by atoms with Crippen LogP contribution in [0, 0.1) is 6.92 Å². The predicted octanol–water partition coefficient (Wildman–Crippen LogP) is 2.89. The number of hydrogen-bond acceptors (Lipinski definition) is 2. The lowest BCUT2D eigenvalue weighted by Gasteiger charge is -2.17. The van der Waals surface area contributed by atoms with Gasteiger partial charge in [0.1, 0.15) is 11.9 Å². The Balaban J connectivity index is 2.55. The third-order valence-corrected chi connectivity index (χ3v) is 3.62. The monoisotopic (exact) mass is 283 g/mol. The summed E-state index contributed by atoms with van der Waals surface area (Å²) in [5.74, 6) is 0.853. The molecule has 3 nitrogen and oxygen atoms in total. The van der Waals surface area contributed by atoms with Crippen molar-refractivity contribution in [3.63, 3.8) is 0 Å². The van der Waals surface area contributed by atoms with E-state index in [1.165, 1.54) is 0 Å². The number of fused-ring (bicyclic) bond motifs is 1. The second-order valence-electron chi connectivity index (χ2n) is 4.15. The van der Waals surface area contributed by atoms with Crippen LogP contribution in [0.15, 0.2) is 16.6 Å². The zero-order valence-electron chi connectivity index (χ0n) is 9.58. The third-order valence-electron chi connectivity index (χ3n) is 2.77. The van der Waals surface area contributed by atoms with Crippen LogP contribution in [0.2, 0.25) is 0 Å². The van der Waals surface area contributed by atoms with Crippen molar-refractivity contribution >= 4 is 27.5 Å². The van der Waals surface area contributed by atoms with Gasteiger partial charge in [0.15, 0.2) is 0 Å². The van der Waals surface area contributed by atoms with Gasteiger partial charge in [-0.1, -0.05) is 15.9 Å². The highest BCUT2D eigenvalue weighted by Gasteiger charge is 2.24. The molecule has 0 aliphatic carbocycles. The molecule has 16 heavy (non-hydrogen) atoms. The van der Waals surface area contributed by atoms with Crippen LogP contribution in [0.3, 0.4) is 0 Å². The summed E-state index contributed by atoms with van der Waals surface area (Å²) >= 11 is 3.47. The first-order valence-corrected chi connectivity index (χ1v) is 6.01. The van der Waals surface area contributed by atoms with Crippen LogP contribution in [-0.2, 0) is 4.79 Å². The summed E-state index contributed by atoms with van der Waals surface area (Å²) in [7, 11) is 1.79. The number of ether oxygens (including phenoxy) is 1. The van der Waals surface area contributed by atoms with Crippen LogP contribution >= 0.6 is 15.9 Å².